The third-order valence-electron chi connectivity index (χ3n) is 4.84. The number of nitriles is 1. The molecule has 0 spiro atoms. The largest absolute Gasteiger partial charge is 0.481 e. The molecule has 0 radical (unpaired) electrons. The molecule has 0 aliphatic rings. The van der Waals surface area contributed by atoms with Crippen LogP contribution >= 0.6 is 31.9 Å². The van der Waals surface area contributed by atoms with Gasteiger partial charge in [0.15, 0.2) is 6.61 Å². The quantitative estimate of drug-likeness (QED) is 0.142. The third kappa shape index (κ3) is 6.31. The highest BCUT2D eigenvalue weighted by atomic mass is 79.9. The number of hydrogen-bond donors (Lipinski definition) is 1. The number of nitrogens with one attached hydrogen (secondary N) is 1. The number of amides is 1. The van der Waals surface area contributed by atoms with Gasteiger partial charge in [-0.1, -0.05) is 17.7 Å². The van der Waals surface area contributed by atoms with Crippen LogP contribution in [0.15, 0.2) is 63.5 Å². The lowest BCUT2D eigenvalue weighted by molar-refractivity contribution is -0.384. The molecule has 1 amide bonds. The second-order valence-electron chi connectivity index (χ2n) is 7.44. The fraction of sp³-hybridized carbons (Fsp3) is 0.120. The predicted molar refractivity (Wildman–Crippen MR) is 138 cm³/mol. The van der Waals surface area contributed by atoms with Gasteiger partial charge in [0.1, 0.15) is 5.75 Å². The van der Waals surface area contributed by atoms with Crippen molar-refractivity contribution in [2.75, 3.05) is 11.9 Å². The van der Waals surface area contributed by atoms with Gasteiger partial charge in [-0.15, -0.1) is 0 Å². The average Bonchev–Trinajstić information content (AvgIpc) is 2.79. The summed E-state index contributed by atoms with van der Waals surface area (Å²) in [7, 11) is 0. The highest BCUT2D eigenvalue weighted by Crippen LogP contribution is 2.36. The Labute approximate surface area is 213 Å². The molecule has 3 rings (SSSR count). The van der Waals surface area contributed by atoms with Crippen LogP contribution in [0.3, 0.4) is 0 Å². The van der Waals surface area contributed by atoms with E-state index < -0.39 is 4.92 Å². The molecule has 0 unspecified atom stereocenters. The Morgan fingerprint density at radius 2 is 1.76 bits per heavy atom. The number of non-ortho nitro benzene ring substituents is 1. The van der Waals surface area contributed by atoms with Crippen LogP contribution in [0, 0.1) is 35.3 Å². The number of nitrogens with zero attached hydrogens (tertiary/aromatic N) is 2. The van der Waals surface area contributed by atoms with Crippen LogP contribution in [0.5, 0.6) is 5.75 Å². The van der Waals surface area contributed by atoms with E-state index in [1.54, 1.807) is 18.2 Å². The molecule has 3 aromatic rings. The summed E-state index contributed by atoms with van der Waals surface area (Å²) in [4.78, 5) is 22.7. The number of ether oxygens (including phenoxy) is 1. The standard InChI is InChI=1S/C25H19Br2N3O4/c1-15-3-8-23(16(2)9-15)29-24(31)14-34-25-21(26)11-17(12-22(25)27)10-19(13-28)18-4-6-20(7-5-18)30(32)33/h3-12H,14H2,1-2H3,(H,29,31)/b19-10+. The summed E-state index contributed by atoms with van der Waals surface area (Å²) in [5, 5.41) is 23.2. The molecule has 0 heterocycles. The van der Waals surface area contributed by atoms with Crippen molar-refractivity contribution in [3.05, 3.63) is 95.9 Å². The number of hydrogen-bond acceptors (Lipinski definition) is 5. The Morgan fingerprint density at radius 1 is 1.12 bits per heavy atom. The minimum absolute atomic E-state index is 0.0467. The highest BCUT2D eigenvalue weighted by Gasteiger charge is 2.13. The Bertz CT molecular complexity index is 1310. The van der Waals surface area contributed by atoms with Crippen molar-refractivity contribution in [3.8, 4) is 11.8 Å². The van der Waals surface area contributed by atoms with Gasteiger partial charge in [-0.3, -0.25) is 14.9 Å². The molecule has 0 saturated carbocycles. The van der Waals surface area contributed by atoms with E-state index in [1.165, 1.54) is 24.3 Å². The van der Waals surface area contributed by atoms with E-state index in [4.69, 9.17) is 4.74 Å². The molecule has 172 valence electrons. The van der Waals surface area contributed by atoms with Crippen LogP contribution in [-0.2, 0) is 4.79 Å². The molecule has 1 N–H and O–H groups in total. The highest BCUT2D eigenvalue weighted by molar-refractivity contribution is 9.11. The molecular formula is C25H19Br2N3O4. The summed E-state index contributed by atoms with van der Waals surface area (Å²) in [6.45, 7) is 3.72. The third-order valence-corrected chi connectivity index (χ3v) is 6.02. The lowest BCUT2D eigenvalue weighted by atomic mass is 10.0. The number of carbonyl (C=O) groups is 1. The lowest BCUT2D eigenvalue weighted by Crippen LogP contribution is -2.21. The van der Waals surface area contributed by atoms with Gasteiger partial charge in [0.2, 0.25) is 0 Å². The van der Waals surface area contributed by atoms with Crippen LogP contribution in [0.4, 0.5) is 11.4 Å². The van der Waals surface area contributed by atoms with Crippen LogP contribution in [0.1, 0.15) is 22.3 Å². The molecule has 0 atom stereocenters. The molecule has 3 aromatic carbocycles. The van der Waals surface area contributed by atoms with Crippen molar-refractivity contribution in [1.82, 2.24) is 0 Å². The van der Waals surface area contributed by atoms with Crippen molar-refractivity contribution in [2.24, 2.45) is 0 Å². The van der Waals surface area contributed by atoms with Crippen molar-refractivity contribution in [2.45, 2.75) is 13.8 Å². The zero-order chi connectivity index (χ0) is 24.8. The molecular weight excluding hydrogens is 566 g/mol. The SMILES string of the molecule is Cc1ccc(NC(=O)COc2c(Br)cc(/C=C(\C#N)c3ccc([N+](=O)[O-])cc3)cc2Br)c(C)c1. The first-order chi connectivity index (χ1) is 16.2. The van der Waals surface area contributed by atoms with Gasteiger partial charge >= 0.3 is 0 Å². The van der Waals surface area contributed by atoms with Gasteiger partial charge in [-0.25, -0.2) is 0 Å². The molecule has 7 nitrogen and oxygen atoms in total. The first-order valence-electron chi connectivity index (χ1n) is 10.0. The van der Waals surface area contributed by atoms with E-state index in [9.17, 15) is 20.2 Å². The van der Waals surface area contributed by atoms with Gasteiger partial charge < -0.3 is 10.1 Å². The van der Waals surface area contributed by atoms with Crippen molar-refractivity contribution >= 4 is 60.8 Å². The maximum atomic E-state index is 12.4. The zero-order valence-electron chi connectivity index (χ0n) is 18.3. The molecule has 0 bridgehead atoms. The molecule has 0 aliphatic carbocycles. The predicted octanol–water partition coefficient (Wildman–Crippen LogP) is 6.82. The number of anilines is 1. The van der Waals surface area contributed by atoms with Crippen LogP contribution in [0.2, 0.25) is 0 Å². The van der Waals surface area contributed by atoms with E-state index in [0.717, 1.165) is 16.8 Å². The number of benzene rings is 3. The minimum Gasteiger partial charge on any atom is -0.481 e. The topological polar surface area (TPSA) is 105 Å². The van der Waals surface area contributed by atoms with Crippen molar-refractivity contribution in [3.63, 3.8) is 0 Å². The van der Waals surface area contributed by atoms with E-state index in [1.807, 2.05) is 32.0 Å². The van der Waals surface area contributed by atoms with Crippen LogP contribution in [-0.4, -0.2) is 17.4 Å². The number of nitro groups is 1. The maximum absolute atomic E-state index is 12.4. The number of allylic oxidation sites excluding steroid dienone is 1. The van der Waals surface area contributed by atoms with E-state index in [-0.39, 0.29) is 18.2 Å². The van der Waals surface area contributed by atoms with Crippen LogP contribution < -0.4 is 10.1 Å². The summed E-state index contributed by atoms with van der Waals surface area (Å²) in [5.74, 6) is 0.154. The summed E-state index contributed by atoms with van der Waals surface area (Å²) < 4.78 is 6.90. The normalized spacial score (nSPS) is 11.0. The van der Waals surface area contributed by atoms with E-state index in [2.05, 4.69) is 43.2 Å². The molecule has 0 aromatic heterocycles. The summed E-state index contributed by atoms with van der Waals surface area (Å²) in [5.41, 5.74) is 4.36. The number of nitro benzene ring substituents is 1. The average molecular weight is 585 g/mol. The zero-order valence-corrected chi connectivity index (χ0v) is 21.4. The Morgan fingerprint density at radius 3 is 2.32 bits per heavy atom. The molecule has 0 fully saturated rings. The van der Waals surface area contributed by atoms with E-state index in [0.29, 0.717) is 31.4 Å². The Hall–Kier alpha value is -3.48. The second-order valence-corrected chi connectivity index (χ2v) is 9.15. The number of carbonyl (C=O) groups excluding carboxylic acids is 1. The monoisotopic (exact) mass is 583 g/mol. The minimum atomic E-state index is -0.491. The van der Waals surface area contributed by atoms with Crippen molar-refractivity contribution < 1.29 is 14.5 Å². The number of aryl methyl sites for hydroxylation is 2. The van der Waals surface area contributed by atoms with Gasteiger partial charge in [-0.2, -0.15) is 5.26 Å². The summed E-state index contributed by atoms with van der Waals surface area (Å²) in [6, 6.07) is 17.2. The fourth-order valence-corrected chi connectivity index (χ4v) is 4.64. The van der Waals surface area contributed by atoms with Gasteiger partial charge in [0.05, 0.1) is 25.5 Å². The van der Waals surface area contributed by atoms with Gasteiger partial charge in [0, 0.05) is 17.8 Å². The maximum Gasteiger partial charge on any atom is 0.269 e. The summed E-state index contributed by atoms with van der Waals surface area (Å²) >= 11 is 6.91. The van der Waals surface area contributed by atoms with Crippen LogP contribution in [0.25, 0.3) is 11.6 Å². The molecule has 0 aliphatic heterocycles. The molecule has 34 heavy (non-hydrogen) atoms. The second kappa shape index (κ2) is 11.1. The van der Waals surface area contributed by atoms with Gasteiger partial charge in [0.25, 0.3) is 11.6 Å². The Balaban J connectivity index is 1.74. The summed E-state index contributed by atoms with van der Waals surface area (Å²) in [6.07, 6.45) is 1.66. The number of halogens is 2. The molecule has 0 saturated heterocycles. The Kier molecular flexibility index (Phi) is 8.21. The smallest absolute Gasteiger partial charge is 0.269 e. The fourth-order valence-electron chi connectivity index (χ4n) is 3.19. The number of rotatable bonds is 7. The van der Waals surface area contributed by atoms with Gasteiger partial charge in [-0.05, 0) is 98.8 Å². The first kappa shape index (κ1) is 25.1. The van der Waals surface area contributed by atoms with E-state index >= 15 is 0 Å². The van der Waals surface area contributed by atoms with Crippen molar-refractivity contribution in [1.29, 1.82) is 5.26 Å². The lowest BCUT2D eigenvalue weighted by Gasteiger charge is -2.13. The first-order valence-corrected chi connectivity index (χ1v) is 11.6. The molecule has 9 heteroatoms.